The Balaban J connectivity index is 1.42. The number of rotatable bonds is 6. The van der Waals surface area contributed by atoms with E-state index in [-0.39, 0.29) is 36.4 Å². The van der Waals surface area contributed by atoms with Gasteiger partial charge in [-0.15, -0.1) is 0 Å². The average Bonchev–Trinajstić information content (AvgIpc) is 3.28. The van der Waals surface area contributed by atoms with Gasteiger partial charge < -0.3 is 14.8 Å². The van der Waals surface area contributed by atoms with Crippen molar-refractivity contribution in [2.45, 2.75) is 46.5 Å². The van der Waals surface area contributed by atoms with Crippen LogP contribution < -0.4 is 5.56 Å². The predicted octanol–water partition coefficient (Wildman–Crippen LogP) is 4.24. The standard InChI is InChI=1S/C29H29F3N6O3/c1-17(2)12-37(13-21-8-7-20(11-33-21)29(30,31)32)27(40)22-6-4-5-19-9-10-36(14-24(19)22)28(41)23-15-38-25(18(23)3)26(39)34-16-35-38/h4-8,11,15-17H,9-10,12-14H2,1-3H3,(H,34,35,39). The molecule has 0 fully saturated rings. The van der Waals surface area contributed by atoms with Crippen LogP contribution in [0.1, 0.15) is 62.5 Å². The largest absolute Gasteiger partial charge is 0.417 e. The Morgan fingerprint density at radius 3 is 2.59 bits per heavy atom. The highest BCUT2D eigenvalue weighted by Crippen LogP contribution is 2.29. The highest BCUT2D eigenvalue weighted by Gasteiger charge is 2.32. The van der Waals surface area contributed by atoms with Crippen LogP contribution in [0, 0.1) is 12.8 Å². The predicted molar refractivity (Wildman–Crippen MR) is 144 cm³/mol. The molecular weight excluding hydrogens is 537 g/mol. The van der Waals surface area contributed by atoms with E-state index in [1.54, 1.807) is 28.9 Å². The van der Waals surface area contributed by atoms with Gasteiger partial charge in [0.2, 0.25) is 0 Å². The molecule has 9 nitrogen and oxygen atoms in total. The number of aromatic nitrogens is 4. The second-order valence-electron chi connectivity index (χ2n) is 10.6. The van der Waals surface area contributed by atoms with E-state index in [2.05, 4.69) is 15.1 Å². The van der Waals surface area contributed by atoms with Crippen LogP contribution in [-0.2, 0) is 25.7 Å². The van der Waals surface area contributed by atoms with Gasteiger partial charge in [0.05, 0.1) is 23.4 Å². The highest BCUT2D eigenvalue weighted by atomic mass is 19.4. The van der Waals surface area contributed by atoms with Gasteiger partial charge in [-0.2, -0.15) is 18.3 Å². The van der Waals surface area contributed by atoms with Crippen molar-refractivity contribution >= 4 is 17.3 Å². The summed E-state index contributed by atoms with van der Waals surface area (Å²) in [5.74, 6) is -0.462. The molecule has 0 spiro atoms. The summed E-state index contributed by atoms with van der Waals surface area (Å²) >= 11 is 0. The molecule has 0 aliphatic carbocycles. The molecule has 0 saturated heterocycles. The number of hydrogen-bond donors (Lipinski definition) is 1. The van der Waals surface area contributed by atoms with E-state index in [1.165, 1.54) is 23.1 Å². The Kier molecular flexibility index (Phi) is 7.41. The molecule has 3 aromatic heterocycles. The SMILES string of the molecule is Cc1c(C(=O)N2CCc3cccc(C(=O)N(Cc4ccc(C(F)(F)F)cn4)CC(C)C)c3C2)cn2nc[nH]c(=O)c12. The first kappa shape index (κ1) is 28.1. The van der Waals surface area contributed by atoms with Gasteiger partial charge in [-0.1, -0.05) is 26.0 Å². The summed E-state index contributed by atoms with van der Waals surface area (Å²) in [6.45, 7) is 6.64. The number of amides is 2. The molecule has 1 aromatic carbocycles. The minimum Gasteiger partial charge on any atom is -0.334 e. The van der Waals surface area contributed by atoms with E-state index >= 15 is 0 Å². The van der Waals surface area contributed by atoms with Crippen LogP contribution in [-0.4, -0.2) is 54.3 Å². The second-order valence-corrected chi connectivity index (χ2v) is 10.6. The van der Waals surface area contributed by atoms with Gasteiger partial charge in [-0.05, 0) is 54.2 Å². The van der Waals surface area contributed by atoms with Crippen molar-refractivity contribution in [3.8, 4) is 0 Å². The van der Waals surface area contributed by atoms with Crippen molar-refractivity contribution in [2.24, 2.45) is 5.92 Å². The molecule has 4 heterocycles. The number of carbonyl (C=O) groups excluding carboxylic acids is 2. The zero-order valence-corrected chi connectivity index (χ0v) is 22.8. The van der Waals surface area contributed by atoms with Crippen molar-refractivity contribution in [1.82, 2.24) is 29.4 Å². The molecule has 0 atom stereocenters. The topological polar surface area (TPSA) is 104 Å². The molecular formula is C29H29F3N6O3. The minimum absolute atomic E-state index is 0.0412. The lowest BCUT2D eigenvalue weighted by Crippen LogP contribution is -2.39. The third-order valence-electron chi connectivity index (χ3n) is 7.23. The molecule has 0 radical (unpaired) electrons. The average molecular weight is 567 g/mol. The van der Waals surface area contributed by atoms with Gasteiger partial charge in [-0.3, -0.25) is 19.4 Å². The molecule has 0 bridgehead atoms. The van der Waals surface area contributed by atoms with E-state index in [0.29, 0.717) is 47.4 Å². The Morgan fingerprint density at radius 1 is 1.15 bits per heavy atom. The van der Waals surface area contributed by atoms with E-state index in [9.17, 15) is 27.6 Å². The monoisotopic (exact) mass is 566 g/mol. The number of aryl methyl sites for hydroxylation is 1. The molecule has 0 saturated carbocycles. The van der Waals surface area contributed by atoms with Crippen molar-refractivity contribution in [3.05, 3.63) is 98.5 Å². The molecule has 2 amide bonds. The lowest BCUT2D eigenvalue weighted by molar-refractivity contribution is -0.137. The number of benzene rings is 1. The fourth-order valence-corrected chi connectivity index (χ4v) is 5.22. The van der Waals surface area contributed by atoms with Crippen molar-refractivity contribution in [1.29, 1.82) is 0 Å². The van der Waals surface area contributed by atoms with Crippen molar-refractivity contribution < 1.29 is 22.8 Å². The minimum atomic E-state index is -4.50. The summed E-state index contributed by atoms with van der Waals surface area (Å²) in [5.41, 5.74) is 2.43. The smallest absolute Gasteiger partial charge is 0.334 e. The first-order chi connectivity index (χ1) is 19.4. The number of pyridine rings is 1. The summed E-state index contributed by atoms with van der Waals surface area (Å²) in [5, 5.41) is 4.10. The van der Waals surface area contributed by atoms with Gasteiger partial charge in [0.1, 0.15) is 11.8 Å². The summed E-state index contributed by atoms with van der Waals surface area (Å²) in [7, 11) is 0. The number of nitrogens with zero attached hydrogens (tertiary/aromatic N) is 5. The number of H-pyrrole nitrogens is 1. The van der Waals surface area contributed by atoms with Crippen LogP contribution in [0.2, 0.25) is 0 Å². The molecule has 0 unspecified atom stereocenters. The maximum Gasteiger partial charge on any atom is 0.417 e. The quantitative estimate of drug-likeness (QED) is 0.376. The van der Waals surface area contributed by atoms with Crippen LogP contribution in [0.3, 0.4) is 0 Å². The first-order valence-corrected chi connectivity index (χ1v) is 13.2. The van der Waals surface area contributed by atoms with E-state index < -0.39 is 11.7 Å². The van der Waals surface area contributed by atoms with Crippen LogP contribution in [0.15, 0.2) is 53.8 Å². The second kappa shape index (κ2) is 10.8. The van der Waals surface area contributed by atoms with Crippen LogP contribution in [0.25, 0.3) is 5.52 Å². The van der Waals surface area contributed by atoms with Gasteiger partial charge >= 0.3 is 6.18 Å². The summed E-state index contributed by atoms with van der Waals surface area (Å²) in [4.78, 5) is 49.5. The number of aromatic amines is 1. The molecule has 41 heavy (non-hydrogen) atoms. The molecule has 1 aliphatic rings. The number of halogens is 3. The first-order valence-electron chi connectivity index (χ1n) is 13.2. The molecule has 5 rings (SSSR count). The Hall–Kier alpha value is -4.48. The van der Waals surface area contributed by atoms with Crippen LogP contribution in [0.5, 0.6) is 0 Å². The molecule has 12 heteroatoms. The third kappa shape index (κ3) is 5.59. The van der Waals surface area contributed by atoms with Crippen LogP contribution in [0.4, 0.5) is 13.2 Å². The number of alkyl halides is 3. The maximum atomic E-state index is 13.9. The van der Waals surface area contributed by atoms with Gasteiger partial charge in [0.15, 0.2) is 0 Å². The Morgan fingerprint density at radius 2 is 1.93 bits per heavy atom. The van der Waals surface area contributed by atoms with Gasteiger partial charge in [-0.25, -0.2) is 4.52 Å². The normalized spacial score (nSPS) is 13.5. The Labute approximate surface area is 233 Å². The van der Waals surface area contributed by atoms with Gasteiger partial charge in [0, 0.05) is 37.6 Å². The molecule has 1 N–H and O–H groups in total. The van der Waals surface area contributed by atoms with Gasteiger partial charge in [0.25, 0.3) is 17.4 Å². The summed E-state index contributed by atoms with van der Waals surface area (Å²) in [6, 6.07) is 7.69. The number of fused-ring (bicyclic) bond motifs is 2. The van der Waals surface area contributed by atoms with E-state index in [1.807, 2.05) is 19.9 Å². The maximum absolute atomic E-state index is 13.9. The number of hydrogen-bond acceptors (Lipinski definition) is 5. The summed E-state index contributed by atoms with van der Waals surface area (Å²) in [6.07, 6.45) is -0.378. The zero-order valence-electron chi connectivity index (χ0n) is 22.8. The van der Waals surface area contributed by atoms with E-state index in [4.69, 9.17) is 0 Å². The van der Waals surface area contributed by atoms with Crippen molar-refractivity contribution in [3.63, 3.8) is 0 Å². The van der Waals surface area contributed by atoms with Crippen LogP contribution >= 0.6 is 0 Å². The summed E-state index contributed by atoms with van der Waals surface area (Å²) < 4.78 is 40.4. The third-order valence-corrected chi connectivity index (χ3v) is 7.23. The fourth-order valence-electron chi connectivity index (χ4n) is 5.22. The zero-order chi connectivity index (χ0) is 29.5. The molecule has 1 aliphatic heterocycles. The Bertz CT molecular complexity index is 1670. The number of carbonyl (C=O) groups is 2. The number of nitrogens with one attached hydrogen (secondary N) is 1. The lowest BCUT2D eigenvalue weighted by Gasteiger charge is -2.32. The molecule has 4 aromatic rings. The van der Waals surface area contributed by atoms with E-state index in [0.717, 1.165) is 23.4 Å². The molecule has 214 valence electrons. The lowest BCUT2D eigenvalue weighted by atomic mass is 9.93. The highest BCUT2D eigenvalue weighted by molar-refractivity contribution is 5.99. The van der Waals surface area contributed by atoms with Crippen molar-refractivity contribution in [2.75, 3.05) is 13.1 Å². The fraction of sp³-hybridized carbons (Fsp3) is 0.345.